The van der Waals surface area contributed by atoms with Crippen LogP contribution in [-0.4, -0.2) is 36.1 Å². The lowest BCUT2D eigenvalue weighted by Crippen LogP contribution is -2.15. The average molecular weight is 549 g/mol. The Bertz CT molecular complexity index is 1750. The van der Waals surface area contributed by atoms with Crippen LogP contribution in [0.2, 0.25) is 0 Å². The van der Waals surface area contributed by atoms with Crippen molar-refractivity contribution in [3.05, 3.63) is 100 Å². The van der Waals surface area contributed by atoms with E-state index < -0.39 is 14.9 Å². The zero-order valence-corrected chi connectivity index (χ0v) is 21.4. The van der Waals surface area contributed by atoms with E-state index in [1.54, 1.807) is 12.1 Å². The van der Waals surface area contributed by atoms with Gasteiger partial charge in [-0.05, 0) is 30.3 Å². The van der Waals surface area contributed by atoms with Gasteiger partial charge in [-0.1, -0.05) is 30.3 Å². The first-order valence-corrected chi connectivity index (χ1v) is 13.5. The minimum Gasteiger partial charge on any atom is -0.497 e. The molecule has 192 valence electrons. The van der Waals surface area contributed by atoms with Crippen LogP contribution in [0.5, 0.6) is 5.75 Å². The van der Waals surface area contributed by atoms with Crippen LogP contribution in [0.1, 0.15) is 5.69 Å². The molecular weight excluding hydrogens is 528 g/mol. The van der Waals surface area contributed by atoms with Crippen molar-refractivity contribution < 1.29 is 18.1 Å². The van der Waals surface area contributed by atoms with Gasteiger partial charge in [-0.15, -0.1) is 11.3 Å². The number of non-ortho nitro benzene ring substituents is 1. The van der Waals surface area contributed by atoms with Gasteiger partial charge in [-0.25, -0.2) is 13.4 Å². The summed E-state index contributed by atoms with van der Waals surface area (Å²) in [4.78, 5) is 15.8. The van der Waals surface area contributed by atoms with Crippen molar-refractivity contribution in [2.75, 3.05) is 17.3 Å². The maximum atomic E-state index is 13.3. The van der Waals surface area contributed by atoms with Gasteiger partial charge in [0.05, 0.1) is 35.3 Å². The number of hydrogen-bond donors (Lipinski definition) is 2. The van der Waals surface area contributed by atoms with E-state index in [1.165, 1.54) is 48.9 Å². The number of thiazole rings is 1. The Labute approximate surface area is 221 Å². The second-order valence-corrected chi connectivity index (χ2v) is 10.4. The second kappa shape index (κ2) is 10.3. The van der Waals surface area contributed by atoms with E-state index in [1.807, 2.05) is 46.3 Å². The lowest BCUT2D eigenvalue weighted by molar-refractivity contribution is -0.385. The van der Waals surface area contributed by atoms with Crippen LogP contribution < -0.4 is 14.9 Å². The number of sulfonamides is 1. The molecule has 5 rings (SSSR count). The van der Waals surface area contributed by atoms with Gasteiger partial charge < -0.3 is 4.74 Å². The first kappa shape index (κ1) is 24.9. The number of nitro benzene ring substituents is 1. The molecule has 0 amide bonds. The summed E-state index contributed by atoms with van der Waals surface area (Å²) >= 11 is 1.47. The third-order valence-corrected chi connectivity index (χ3v) is 7.70. The number of methoxy groups -OCH3 is 1. The van der Waals surface area contributed by atoms with Crippen molar-refractivity contribution in [3.63, 3.8) is 0 Å². The van der Waals surface area contributed by atoms with E-state index in [2.05, 4.69) is 20.2 Å². The topological polar surface area (TPSA) is 140 Å². The number of hydrazone groups is 1. The van der Waals surface area contributed by atoms with Crippen molar-refractivity contribution in [2.24, 2.45) is 5.10 Å². The lowest BCUT2D eigenvalue weighted by Gasteiger charge is -2.12. The molecule has 2 aromatic heterocycles. The molecule has 0 saturated carbocycles. The number of nitrogens with zero attached hydrogens (tertiary/aromatic N) is 4. The first-order chi connectivity index (χ1) is 18.4. The van der Waals surface area contributed by atoms with Gasteiger partial charge in [0.1, 0.15) is 10.6 Å². The Hall–Kier alpha value is -4.75. The first-order valence-electron chi connectivity index (χ1n) is 11.1. The Morgan fingerprint density at radius 2 is 1.87 bits per heavy atom. The molecule has 2 N–H and O–H groups in total. The summed E-state index contributed by atoms with van der Waals surface area (Å²) < 4.78 is 35.9. The van der Waals surface area contributed by atoms with Crippen LogP contribution >= 0.6 is 11.3 Å². The molecule has 0 fully saturated rings. The number of aromatic nitrogens is 2. The molecule has 0 aliphatic rings. The number of nitro groups is 1. The summed E-state index contributed by atoms with van der Waals surface area (Å²) in [5.74, 6) is 0.550. The van der Waals surface area contributed by atoms with E-state index in [-0.39, 0.29) is 22.0 Å². The molecule has 0 radical (unpaired) electrons. The van der Waals surface area contributed by atoms with Crippen LogP contribution in [0.4, 0.5) is 17.1 Å². The predicted octanol–water partition coefficient (Wildman–Crippen LogP) is 5.23. The van der Waals surface area contributed by atoms with E-state index in [4.69, 9.17) is 4.74 Å². The molecule has 0 spiro atoms. The fraction of sp³-hybridized carbons (Fsp3) is 0.0400. The Balaban J connectivity index is 1.49. The highest BCUT2D eigenvalue weighted by atomic mass is 32.2. The van der Waals surface area contributed by atoms with Crippen molar-refractivity contribution in [1.82, 2.24) is 9.38 Å². The summed E-state index contributed by atoms with van der Waals surface area (Å²) in [5.41, 5.74) is 4.96. The summed E-state index contributed by atoms with van der Waals surface area (Å²) in [6.45, 7) is 0. The molecule has 13 heteroatoms. The lowest BCUT2D eigenvalue weighted by atomic mass is 10.1. The molecule has 5 aromatic rings. The van der Waals surface area contributed by atoms with Crippen molar-refractivity contribution >= 4 is 49.6 Å². The van der Waals surface area contributed by atoms with Gasteiger partial charge in [0.15, 0.2) is 4.96 Å². The van der Waals surface area contributed by atoms with Gasteiger partial charge in [0.2, 0.25) is 0 Å². The molecule has 0 aliphatic heterocycles. The summed E-state index contributed by atoms with van der Waals surface area (Å²) in [6.07, 6.45) is 3.39. The molecule has 2 heterocycles. The molecular formula is C25H20N6O5S2. The van der Waals surface area contributed by atoms with Gasteiger partial charge >= 0.3 is 0 Å². The third kappa shape index (κ3) is 5.05. The number of anilines is 2. The zero-order valence-electron chi connectivity index (χ0n) is 19.8. The number of imidazole rings is 1. The number of nitrogens with one attached hydrogen (secondary N) is 2. The maximum Gasteiger partial charge on any atom is 0.270 e. The predicted molar refractivity (Wildman–Crippen MR) is 147 cm³/mol. The minimum atomic E-state index is -4.23. The number of ether oxygens (including phenoxy) is 1. The highest BCUT2D eigenvalue weighted by Crippen LogP contribution is 2.29. The van der Waals surface area contributed by atoms with E-state index in [0.717, 1.165) is 16.6 Å². The third-order valence-electron chi connectivity index (χ3n) is 5.53. The van der Waals surface area contributed by atoms with Crippen LogP contribution in [-0.2, 0) is 10.0 Å². The molecule has 38 heavy (non-hydrogen) atoms. The number of benzene rings is 3. The maximum absolute atomic E-state index is 13.3. The second-order valence-electron chi connectivity index (χ2n) is 7.91. The van der Waals surface area contributed by atoms with Gasteiger partial charge in [-0.3, -0.25) is 24.7 Å². The summed E-state index contributed by atoms with van der Waals surface area (Å²) in [5, 5.41) is 17.5. The van der Waals surface area contributed by atoms with Crippen LogP contribution in [0.15, 0.2) is 94.4 Å². The Kier molecular flexibility index (Phi) is 6.77. The number of fused-ring (bicyclic) bond motifs is 1. The minimum absolute atomic E-state index is 0.0557. The monoisotopic (exact) mass is 548 g/mol. The molecule has 0 saturated heterocycles. The number of hydrogen-bond acceptors (Lipinski definition) is 9. The fourth-order valence-corrected chi connectivity index (χ4v) is 5.66. The van der Waals surface area contributed by atoms with Crippen LogP contribution in [0.25, 0.3) is 16.2 Å². The molecule has 0 aliphatic carbocycles. The van der Waals surface area contributed by atoms with Gasteiger partial charge in [0, 0.05) is 35.0 Å². The smallest absolute Gasteiger partial charge is 0.270 e. The van der Waals surface area contributed by atoms with E-state index in [0.29, 0.717) is 17.1 Å². The average Bonchev–Trinajstić information content (AvgIpc) is 3.52. The molecule has 0 unspecified atom stereocenters. The van der Waals surface area contributed by atoms with Crippen LogP contribution in [0.3, 0.4) is 0 Å². The van der Waals surface area contributed by atoms with Crippen molar-refractivity contribution in [2.45, 2.75) is 4.90 Å². The molecule has 0 atom stereocenters. The van der Waals surface area contributed by atoms with Crippen LogP contribution in [0, 0.1) is 10.1 Å². The summed E-state index contributed by atoms with van der Waals surface area (Å²) in [6, 6.07) is 19.3. The van der Waals surface area contributed by atoms with E-state index >= 15 is 0 Å². The van der Waals surface area contributed by atoms with E-state index in [9.17, 15) is 18.5 Å². The summed E-state index contributed by atoms with van der Waals surface area (Å²) in [7, 11) is -2.73. The normalized spacial score (nSPS) is 11.6. The number of rotatable bonds is 9. The molecule has 0 bridgehead atoms. The van der Waals surface area contributed by atoms with Gasteiger partial charge in [-0.2, -0.15) is 5.10 Å². The van der Waals surface area contributed by atoms with Crippen molar-refractivity contribution in [1.29, 1.82) is 0 Å². The van der Waals surface area contributed by atoms with Gasteiger partial charge in [0.25, 0.3) is 15.7 Å². The Morgan fingerprint density at radius 3 is 2.58 bits per heavy atom. The highest BCUT2D eigenvalue weighted by molar-refractivity contribution is 7.92. The van der Waals surface area contributed by atoms with Crippen molar-refractivity contribution in [3.8, 4) is 17.0 Å². The standard InChI is InChI=1S/C25H20N6O5S2/c1-36-20-10-7-18(8-11-20)29-38(34,35)23-15-19(31(32)33)9-12-21(23)28-26-16-22-24(17-5-3-2-4-6-17)27-25-30(22)13-14-37-25/h2-16,28-29H,1H3. The fourth-order valence-electron chi connectivity index (χ4n) is 3.71. The largest absolute Gasteiger partial charge is 0.497 e. The Morgan fingerprint density at radius 1 is 1.11 bits per heavy atom. The zero-order chi connectivity index (χ0) is 26.7. The molecule has 11 nitrogen and oxygen atoms in total. The SMILES string of the molecule is COc1ccc(NS(=O)(=O)c2cc([N+](=O)[O-])ccc2NN=Cc2c(-c3ccccc3)nc3sccn23)cc1. The quantitative estimate of drug-likeness (QED) is 0.146. The highest BCUT2D eigenvalue weighted by Gasteiger charge is 2.23. The molecule has 3 aromatic carbocycles.